The van der Waals surface area contributed by atoms with Gasteiger partial charge in [-0.2, -0.15) is 4.31 Å². The van der Waals surface area contributed by atoms with E-state index in [1.54, 1.807) is 0 Å². The normalized spacial score (nSPS) is 18.1. The Kier molecular flexibility index (Phi) is 6.64. The van der Waals surface area contributed by atoms with Gasteiger partial charge in [0.05, 0.1) is 17.6 Å². The SMILES string of the molecule is COC(=O)c1cc(Cl)ccc1S(=O)(=O)N(C)C1CCNC1.Cl. The molecule has 1 atom stereocenters. The number of methoxy groups -OCH3 is 1. The van der Waals surface area contributed by atoms with Gasteiger partial charge in [-0.05, 0) is 31.2 Å². The summed E-state index contributed by atoms with van der Waals surface area (Å²) in [7, 11) is -1.08. The Balaban J connectivity index is 0.00000242. The van der Waals surface area contributed by atoms with Crippen molar-refractivity contribution in [3.63, 3.8) is 0 Å². The highest BCUT2D eigenvalue weighted by Gasteiger charge is 2.33. The van der Waals surface area contributed by atoms with Gasteiger partial charge in [0, 0.05) is 24.7 Å². The molecule has 0 bridgehead atoms. The lowest BCUT2D eigenvalue weighted by atomic mass is 10.2. The largest absolute Gasteiger partial charge is 0.465 e. The zero-order valence-corrected chi connectivity index (χ0v) is 14.6. The summed E-state index contributed by atoms with van der Waals surface area (Å²) in [6.07, 6.45) is 0.733. The van der Waals surface area contributed by atoms with Crippen LogP contribution in [0.15, 0.2) is 23.1 Å². The number of carbonyl (C=O) groups excluding carboxylic acids is 1. The van der Waals surface area contributed by atoms with E-state index in [0.29, 0.717) is 6.54 Å². The van der Waals surface area contributed by atoms with Crippen LogP contribution in [0.1, 0.15) is 16.8 Å². The minimum absolute atomic E-state index is 0. The molecule has 6 nitrogen and oxygen atoms in total. The molecule has 1 fully saturated rings. The third-order valence-electron chi connectivity index (χ3n) is 3.55. The van der Waals surface area contributed by atoms with Gasteiger partial charge in [0.15, 0.2) is 0 Å². The average molecular weight is 369 g/mol. The quantitative estimate of drug-likeness (QED) is 0.815. The first-order valence-corrected chi connectivity index (χ1v) is 8.26. The van der Waals surface area contributed by atoms with Crippen LogP contribution in [0.2, 0.25) is 5.02 Å². The molecule has 0 saturated carbocycles. The fraction of sp³-hybridized carbons (Fsp3) is 0.462. The van der Waals surface area contributed by atoms with Crippen LogP contribution >= 0.6 is 24.0 Å². The van der Waals surface area contributed by atoms with Crippen molar-refractivity contribution in [1.82, 2.24) is 9.62 Å². The summed E-state index contributed by atoms with van der Waals surface area (Å²) < 4.78 is 31.4. The molecule has 124 valence electrons. The minimum Gasteiger partial charge on any atom is -0.465 e. The summed E-state index contributed by atoms with van der Waals surface area (Å²) in [6, 6.07) is 3.96. The number of sulfonamides is 1. The number of esters is 1. The van der Waals surface area contributed by atoms with Crippen molar-refractivity contribution >= 4 is 40.0 Å². The zero-order chi connectivity index (χ0) is 15.6. The zero-order valence-electron chi connectivity index (χ0n) is 12.2. The maximum atomic E-state index is 12.7. The molecule has 1 aromatic rings. The second-order valence-electron chi connectivity index (χ2n) is 4.80. The summed E-state index contributed by atoms with van der Waals surface area (Å²) in [5.74, 6) is -0.728. The average Bonchev–Trinajstić information content (AvgIpc) is 2.99. The van der Waals surface area contributed by atoms with E-state index in [9.17, 15) is 13.2 Å². The Morgan fingerprint density at radius 3 is 2.68 bits per heavy atom. The van der Waals surface area contributed by atoms with Crippen LogP contribution in [-0.2, 0) is 14.8 Å². The minimum atomic E-state index is -3.79. The summed E-state index contributed by atoms with van der Waals surface area (Å²) in [4.78, 5) is 11.7. The van der Waals surface area contributed by atoms with Gasteiger partial charge in [0.1, 0.15) is 0 Å². The van der Waals surface area contributed by atoms with E-state index in [1.165, 1.54) is 36.7 Å². The van der Waals surface area contributed by atoms with Gasteiger partial charge in [-0.1, -0.05) is 11.6 Å². The van der Waals surface area contributed by atoms with Crippen molar-refractivity contribution in [1.29, 1.82) is 0 Å². The van der Waals surface area contributed by atoms with Gasteiger partial charge < -0.3 is 10.1 Å². The van der Waals surface area contributed by atoms with Crippen molar-refractivity contribution in [2.75, 3.05) is 27.2 Å². The lowest BCUT2D eigenvalue weighted by Gasteiger charge is -2.24. The summed E-state index contributed by atoms with van der Waals surface area (Å²) in [5.41, 5.74) is -0.0530. The number of likely N-dealkylation sites (N-methyl/N-ethyl adjacent to an activating group) is 1. The van der Waals surface area contributed by atoms with Crippen molar-refractivity contribution < 1.29 is 17.9 Å². The number of halogens is 2. The summed E-state index contributed by atoms with van der Waals surface area (Å²) in [5, 5.41) is 3.39. The molecule has 1 aliphatic rings. The highest BCUT2D eigenvalue weighted by molar-refractivity contribution is 7.89. The maximum absolute atomic E-state index is 12.7. The molecule has 1 N–H and O–H groups in total. The molecule has 1 aromatic carbocycles. The number of hydrogen-bond donors (Lipinski definition) is 1. The van der Waals surface area contributed by atoms with Crippen molar-refractivity contribution in [2.24, 2.45) is 0 Å². The van der Waals surface area contributed by atoms with Gasteiger partial charge in [-0.3, -0.25) is 0 Å². The highest BCUT2D eigenvalue weighted by Crippen LogP contribution is 2.26. The van der Waals surface area contributed by atoms with E-state index in [4.69, 9.17) is 11.6 Å². The molecule has 1 saturated heterocycles. The molecule has 0 aromatic heterocycles. The number of carbonyl (C=O) groups is 1. The number of ether oxygens (including phenoxy) is 1. The number of nitrogens with one attached hydrogen (secondary N) is 1. The fourth-order valence-corrected chi connectivity index (χ4v) is 4.01. The van der Waals surface area contributed by atoms with E-state index in [2.05, 4.69) is 10.1 Å². The summed E-state index contributed by atoms with van der Waals surface area (Å²) in [6.45, 7) is 1.37. The smallest absolute Gasteiger partial charge is 0.339 e. The third kappa shape index (κ3) is 3.72. The van der Waals surface area contributed by atoms with E-state index >= 15 is 0 Å². The topological polar surface area (TPSA) is 75.7 Å². The highest BCUT2D eigenvalue weighted by atomic mass is 35.5. The van der Waals surface area contributed by atoms with Crippen molar-refractivity contribution in [2.45, 2.75) is 17.4 Å². The molecule has 0 amide bonds. The Bertz CT molecular complexity index is 645. The van der Waals surface area contributed by atoms with Crippen LogP contribution in [0, 0.1) is 0 Å². The molecule has 1 unspecified atom stereocenters. The predicted molar refractivity (Wildman–Crippen MR) is 86.3 cm³/mol. The van der Waals surface area contributed by atoms with Crippen molar-refractivity contribution in [3.05, 3.63) is 28.8 Å². The van der Waals surface area contributed by atoms with E-state index in [0.717, 1.165) is 13.0 Å². The first kappa shape index (κ1) is 19.2. The Morgan fingerprint density at radius 2 is 2.14 bits per heavy atom. The van der Waals surface area contributed by atoms with Gasteiger partial charge in [0.25, 0.3) is 0 Å². The fourth-order valence-electron chi connectivity index (χ4n) is 2.30. The Morgan fingerprint density at radius 1 is 1.45 bits per heavy atom. The monoisotopic (exact) mass is 368 g/mol. The van der Waals surface area contributed by atoms with E-state index in [-0.39, 0.29) is 33.9 Å². The molecular formula is C13H18Cl2N2O4S. The van der Waals surface area contributed by atoms with Gasteiger partial charge >= 0.3 is 5.97 Å². The molecule has 0 spiro atoms. The number of benzene rings is 1. The molecule has 9 heteroatoms. The van der Waals surface area contributed by atoms with Crippen LogP contribution in [-0.4, -0.2) is 52.0 Å². The second-order valence-corrected chi connectivity index (χ2v) is 7.20. The maximum Gasteiger partial charge on any atom is 0.339 e. The number of hydrogen-bond acceptors (Lipinski definition) is 5. The molecular weight excluding hydrogens is 351 g/mol. The summed E-state index contributed by atoms with van der Waals surface area (Å²) >= 11 is 5.85. The van der Waals surface area contributed by atoms with Crippen LogP contribution in [0.25, 0.3) is 0 Å². The van der Waals surface area contributed by atoms with Crippen LogP contribution < -0.4 is 5.32 Å². The van der Waals surface area contributed by atoms with Gasteiger partial charge in [-0.15, -0.1) is 12.4 Å². The van der Waals surface area contributed by atoms with Crippen LogP contribution in [0.3, 0.4) is 0 Å². The van der Waals surface area contributed by atoms with Crippen LogP contribution in [0.5, 0.6) is 0 Å². The first-order chi connectivity index (χ1) is 9.87. The first-order valence-electron chi connectivity index (χ1n) is 6.44. The Hall–Kier alpha value is -0.860. The molecule has 22 heavy (non-hydrogen) atoms. The lowest BCUT2D eigenvalue weighted by molar-refractivity contribution is 0.0596. The molecule has 1 aliphatic heterocycles. The molecule has 1 heterocycles. The molecule has 0 radical (unpaired) electrons. The third-order valence-corrected chi connectivity index (χ3v) is 5.76. The Labute approximate surface area is 141 Å². The molecule has 2 rings (SSSR count). The second kappa shape index (κ2) is 7.61. The number of rotatable bonds is 4. The predicted octanol–water partition coefficient (Wildman–Crippen LogP) is 1.53. The van der Waals surface area contributed by atoms with Gasteiger partial charge in [-0.25, -0.2) is 13.2 Å². The number of nitrogens with zero attached hydrogens (tertiary/aromatic N) is 1. The van der Waals surface area contributed by atoms with Crippen LogP contribution in [0.4, 0.5) is 0 Å². The van der Waals surface area contributed by atoms with E-state index in [1.807, 2.05) is 0 Å². The molecule has 0 aliphatic carbocycles. The van der Waals surface area contributed by atoms with E-state index < -0.39 is 16.0 Å². The standard InChI is InChI=1S/C13H17ClN2O4S.ClH/c1-16(10-5-6-15-8-10)21(18,19)12-4-3-9(14)7-11(12)13(17)20-2;/h3-4,7,10,15H,5-6,8H2,1-2H3;1H. The van der Waals surface area contributed by atoms with Gasteiger partial charge in [0.2, 0.25) is 10.0 Å². The van der Waals surface area contributed by atoms with Crippen molar-refractivity contribution in [3.8, 4) is 0 Å². The lowest BCUT2D eigenvalue weighted by Crippen LogP contribution is -2.38.